The van der Waals surface area contributed by atoms with Crippen LogP contribution < -0.4 is 5.73 Å². The number of hydrogen-bond acceptors (Lipinski definition) is 4. The van der Waals surface area contributed by atoms with Gasteiger partial charge >= 0.3 is 11.9 Å². The molecule has 17 heavy (non-hydrogen) atoms. The summed E-state index contributed by atoms with van der Waals surface area (Å²) in [6, 6.07) is 8.48. The van der Waals surface area contributed by atoms with Crippen LogP contribution in [0.4, 0.5) is 0 Å². The van der Waals surface area contributed by atoms with Gasteiger partial charge < -0.3 is 15.6 Å². The molecule has 0 aliphatic heterocycles. The number of esters is 1. The van der Waals surface area contributed by atoms with E-state index in [1.54, 1.807) is 0 Å². The van der Waals surface area contributed by atoms with E-state index in [1.165, 1.54) is 18.1 Å². The minimum atomic E-state index is -1.89. The van der Waals surface area contributed by atoms with Gasteiger partial charge in [0.15, 0.2) is 0 Å². The van der Waals surface area contributed by atoms with E-state index >= 15 is 0 Å². The summed E-state index contributed by atoms with van der Waals surface area (Å²) >= 11 is 0. The molecule has 0 radical (unpaired) electrons. The van der Waals surface area contributed by atoms with Gasteiger partial charge in [-0.1, -0.05) is 31.2 Å². The normalized spacial score (nSPS) is 13.8. The highest BCUT2D eigenvalue weighted by molar-refractivity contribution is 6.03. The number of aliphatic carboxylic acids is 1. The van der Waals surface area contributed by atoms with Crippen molar-refractivity contribution in [3.63, 3.8) is 0 Å². The van der Waals surface area contributed by atoms with E-state index in [0.717, 1.165) is 7.11 Å². The van der Waals surface area contributed by atoms with Crippen LogP contribution in [0.1, 0.15) is 13.3 Å². The van der Waals surface area contributed by atoms with Crippen molar-refractivity contribution in [3.8, 4) is 11.1 Å². The maximum atomic E-state index is 10.8. The van der Waals surface area contributed by atoms with Gasteiger partial charge in [0.05, 0.1) is 7.11 Å². The van der Waals surface area contributed by atoms with Crippen molar-refractivity contribution in [1.82, 2.24) is 0 Å². The third kappa shape index (κ3) is 2.45. The smallest absolute Gasteiger partial charge is 0.337 e. The molecule has 3 N–H and O–H groups in total. The summed E-state index contributed by atoms with van der Waals surface area (Å²) in [6.07, 6.45) is 0.00894. The fourth-order valence-electron chi connectivity index (χ4n) is 1.23. The standard InChI is InChI=1S/C6H11NO4.C6H4/c1-3-6(7,4(8)9)5(10)11-2;1-2-6-4-3-5(1)6/h3,7H2,1-2H3,(H,8,9);1-4H. The van der Waals surface area contributed by atoms with Crippen molar-refractivity contribution >= 4 is 11.9 Å². The first kappa shape index (κ1) is 13.2. The second kappa shape index (κ2) is 4.97. The molecule has 1 unspecified atom stereocenters. The average molecular weight is 237 g/mol. The van der Waals surface area contributed by atoms with Crippen LogP contribution in [0.3, 0.4) is 0 Å². The van der Waals surface area contributed by atoms with Gasteiger partial charge in [0.2, 0.25) is 5.54 Å². The molecule has 0 saturated carbocycles. The Kier molecular flexibility index (Phi) is 3.85. The molecule has 2 aliphatic rings. The summed E-state index contributed by atoms with van der Waals surface area (Å²) in [5, 5.41) is 8.51. The van der Waals surface area contributed by atoms with E-state index in [-0.39, 0.29) is 6.42 Å². The molecule has 1 atom stereocenters. The molecule has 0 heterocycles. The monoisotopic (exact) mass is 237 g/mol. The minimum absolute atomic E-state index is 0.00894. The predicted molar refractivity (Wildman–Crippen MR) is 62.3 cm³/mol. The topological polar surface area (TPSA) is 89.6 Å². The predicted octanol–water partition coefficient (Wildman–Crippen LogP) is 1.02. The van der Waals surface area contributed by atoms with E-state index in [4.69, 9.17) is 10.8 Å². The van der Waals surface area contributed by atoms with Crippen LogP contribution in [-0.2, 0) is 14.3 Å². The van der Waals surface area contributed by atoms with E-state index in [0.29, 0.717) is 0 Å². The van der Waals surface area contributed by atoms with Crippen molar-refractivity contribution in [2.45, 2.75) is 18.9 Å². The zero-order valence-electron chi connectivity index (χ0n) is 9.77. The zero-order chi connectivity index (χ0) is 13.1. The summed E-state index contributed by atoms with van der Waals surface area (Å²) < 4.78 is 4.22. The van der Waals surface area contributed by atoms with E-state index in [2.05, 4.69) is 29.0 Å². The molecule has 5 nitrogen and oxygen atoms in total. The Hall–Kier alpha value is -1.88. The molecule has 0 aromatic carbocycles. The Labute approximate surface area is 99.2 Å². The maximum Gasteiger partial charge on any atom is 0.337 e. The molecule has 2 rings (SSSR count). The number of benzene rings is 1. The first-order valence-corrected chi connectivity index (χ1v) is 5.16. The molecule has 92 valence electrons. The molecule has 0 saturated heterocycles. The van der Waals surface area contributed by atoms with Crippen molar-refractivity contribution in [1.29, 1.82) is 0 Å². The number of rotatable bonds is 3. The largest absolute Gasteiger partial charge is 0.479 e. The number of carboxylic acid groups (broad SMARTS) is 1. The zero-order valence-corrected chi connectivity index (χ0v) is 9.77. The lowest BCUT2D eigenvalue weighted by Crippen LogP contribution is -2.54. The van der Waals surface area contributed by atoms with Crippen LogP contribution in [-0.4, -0.2) is 29.7 Å². The summed E-state index contributed by atoms with van der Waals surface area (Å²) in [7, 11) is 1.10. The van der Waals surface area contributed by atoms with E-state index in [1.807, 2.05) is 0 Å². The molecule has 0 aromatic heterocycles. The van der Waals surface area contributed by atoms with Gasteiger partial charge in [-0.05, 0) is 17.5 Å². The Morgan fingerprint density at radius 3 is 1.76 bits per heavy atom. The highest BCUT2D eigenvalue weighted by atomic mass is 16.5. The summed E-state index contributed by atoms with van der Waals surface area (Å²) in [5.41, 5.74) is 6.18. The molecule has 5 heteroatoms. The summed E-state index contributed by atoms with van der Waals surface area (Å²) in [4.78, 5) is 21.2. The first-order chi connectivity index (χ1) is 7.95. The number of fused-ring (bicyclic) bond motifs is 1. The minimum Gasteiger partial charge on any atom is -0.479 e. The molecule has 0 amide bonds. The lowest BCUT2D eigenvalue weighted by molar-refractivity contribution is -0.159. The van der Waals surface area contributed by atoms with Crippen molar-refractivity contribution in [2.24, 2.45) is 5.73 Å². The number of hydrogen-bond donors (Lipinski definition) is 2. The Bertz CT molecular complexity index is 406. The second-order valence-corrected chi connectivity index (χ2v) is 3.70. The summed E-state index contributed by atoms with van der Waals surface area (Å²) in [6.45, 7) is 1.50. The number of ether oxygens (including phenoxy) is 1. The lowest BCUT2D eigenvalue weighted by atomic mass is 9.95. The number of carbonyl (C=O) groups excluding carboxylic acids is 1. The maximum absolute atomic E-state index is 10.8. The van der Waals surface area contributed by atoms with Crippen LogP contribution in [0.25, 0.3) is 11.1 Å². The molecule has 0 bridgehead atoms. The third-order valence-corrected chi connectivity index (χ3v) is 2.71. The fraction of sp³-hybridized carbons (Fsp3) is 0.333. The van der Waals surface area contributed by atoms with Crippen LogP contribution >= 0.6 is 0 Å². The molecule has 0 spiro atoms. The van der Waals surface area contributed by atoms with E-state index < -0.39 is 17.5 Å². The lowest BCUT2D eigenvalue weighted by Gasteiger charge is -2.18. The highest BCUT2D eigenvalue weighted by Gasteiger charge is 2.41. The number of carboxylic acids is 1. The van der Waals surface area contributed by atoms with Crippen molar-refractivity contribution < 1.29 is 19.4 Å². The second-order valence-electron chi connectivity index (χ2n) is 3.70. The molecule has 2 aliphatic carbocycles. The molecular weight excluding hydrogens is 222 g/mol. The van der Waals surface area contributed by atoms with E-state index in [9.17, 15) is 9.59 Å². The quantitative estimate of drug-likeness (QED) is 0.614. The number of carbonyl (C=O) groups is 2. The molecular formula is C12H15NO4. The SMILES string of the molecule is CCC(N)(C(=O)O)C(=O)OC.c1cc2ccc1-2. The van der Waals surface area contributed by atoms with Gasteiger partial charge in [0, 0.05) is 0 Å². The van der Waals surface area contributed by atoms with Crippen molar-refractivity contribution in [3.05, 3.63) is 24.3 Å². The summed E-state index contributed by atoms with van der Waals surface area (Å²) in [5.74, 6) is -2.29. The molecule has 0 fully saturated rings. The van der Waals surface area contributed by atoms with Gasteiger partial charge in [0.25, 0.3) is 0 Å². The van der Waals surface area contributed by atoms with Gasteiger partial charge in [0.1, 0.15) is 0 Å². The van der Waals surface area contributed by atoms with Gasteiger partial charge in [-0.15, -0.1) is 0 Å². The Morgan fingerprint density at radius 1 is 1.29 bits per heavy atom. The van der Waals surface area contributed by atoms with Crippen LogP contribution in [0.5, 0.6) is 0 Å². The Morgan fingerprint density at radius 2 is 1.71 bits per heavy atom. The molecule has 0 aromatic rings. The highest BCUT2D eigenvalue weighted by Crippen LogP contribution is 2.29. The first-order valence-electron chi connectivity index (χ1n) is 5.16. The van der Waals surface area contributed by atoms with Gasteiger partial charge in [-0.25, -0.2) is 9.59 Å². The van der Waals surface area contributed by atoms with Gasteiger partial charge in [-0.2, -0.15) is 0 Å². The van der Waals surface area contributed by atoms with Gasteiger partial charge in [-0.3, -0.25) is 0 Å². The Balaban J connectivity index is 0.000000196. The number of methoxy groups -OCH3 is 1. The van der Waals surface area contributed by atoms with Crippen LogP contribution in [0, 0.1) is 0 Å². The van der Waals surface area contributed by atoms with Crippen LogP contribution in [0.15, 0.2) is 24.3 Å². The average Bonchev–Trinajstić information content (AvgIpc) is 2.31. The fourth-order valence-corrected chi connectivity index (χ4v) is 1.23. The van der Waals surface area contributed by atoms with Crippen LogP contribution in [0.2, 0.25) is 0 Å². The van der Waals surface area contributed by atoms with Crippen molar-refractivity contribution in [2.75, 3.05) is 7.11 Å². The third-order valence-electron chi connectivity index (χ3n) is 2.71. The number of nitrogens with two attached hydrogens (primary N) is 1.